The summed E-state index contributed by atoms with van der Waals surface area (Å²) in [5.74, 6) is 1.21. The predicted octanol–water partition coefficient (Wildman–Crippen LogP) is 3.47. The van der Waals surface area contributed by atoms with Crippen molar-refractivity contribution in [1.82, 2.24) is 4.72 Å². The first-order valence-corrected chi connectivity index (χ1v) is 10.4. The monoisotopic (exact) mass is 423 g/mol. The average Bonchev–Trinajstić information content (AvgIpc) is 2.66. The fourth-order valence-electron chi connectivity index (χ4n) is 2.82. The first-order chi connectivity index (χ1) is 13.6. The van der Waals surface area contributed by atoms with E-state index in [1.54, 1.807) is 39.2 Å². The average molecular weight is 423 g/mol. The fourth-order valence-corrected chi connectivity index (χ4v) is 4.09. The highest BCUT2D eigenvalue weighted by Gasteiger charge is 2.23. The Labute approximate surface area is 170 Å². The summed E-state index contributed by atoms with van der Waals surface area (Å²) in [5, 5.41) is 14.6. The Bertz CT molecular complexity index is 991. The molecule has 2 N–H and O–H groups in total. The number of nitro groups is 1. The summed E-state index contributed by atoms with van der Waals surface area (Å²) in [6.45, 7) is 5.15. The molecule has 0 spiro atoms. The maximum atomic E-state index is 12.3. The lowest BCUT2D eigenvalue weighted by molar-refractivity contribution is -0.384. The fraction of sp³-hybridized carbons (Fsp3) is 0.368. The Morgan fingerprint density at radius 1 is 1.03 bits per heavy atom. The Morgan fingerprint density at radius 3 is 2.28 bits per heavy atom. The van der Waals surface area contributed by atoms with Crippen LogP contribution in [-0.4, -0.2) is 33.6 Å². The van der Waals surface area contributed by atoms with Crippen molar-refractivity contribution in [2.75, 3.05) is 19.5 Å². The van der Waals surface area contributed by atoms with Crippen LogP contribution in [0, 0.1) is 10.1 Å². The van der Waals surface area contributed by atoms with Crippen molar-refractivity contribution >= 4 is 21.4 Å². The van der Waals surface area contributed by atoms with Crippen LogP contribution in [0.1, 0.15) is 32.4 Å². The Kier molecular flexibility index (Phi) is 7.04. The summed E-state index contributed by atoms with van der Waals surface area (Å²) in [7, 11) is -0.781. The minimum atomic E-state index is -3.85. The number of ether oxygens (including phenoxy) is 2. The van der Waals surface area contributed by atoms with Crippen molar-refractivity contribution in [3.05, 3.63) is 52.1 Å². The lowest BCUT2D eigenvalue weighted by atomic mass is 10.1. The summed E-state index contributed by atoms with van der Waals surface area (Å²) < 4.78 is 37.7. The largest absolute Gasteiger partial charge is 0.497 e. The summed E-state index contributed by atoms with van der Waals surface area (Å²) in [5.41, 5.74) is 0.584. The number of nitrogens with zero attached hydrogens (tertiary/aromatic N) is 1. The lowest BCUT2D eigenvalue weighted by Gasteiger charge is -2.19. The van der Waals surface area contributed by atoms with Gasteiger partial charge >= 0.3 is 0 Å². The van der Waals surface area contributed by atoms with Gasteiger partial charge in [0.15, 0.2) is 0 Å². The molecule has 29 heavy (non-hydrogen) atoms. The van der Waals surface area contributed by atoms with Gasteiger partial charge in [-0.05, 0) is 51.1 Å². The van der Waals surface area contributed by atoms with Crippen LogP contribution in [0.4, 0.5) is 11.4 Å². The highest BCUT2D eigenvalue weighted by Crippen LogP contribution is 2.34. The molecule has 2 aromatic rings. The molecule has 10 heteroatoms. The molecule has 0 aliphatic rings. The van der Waals surface area contributed by atoms with E-state index in [1.807, 2.05) is 6.92 Å². The van der Waals surface area contributed by atoms with Crippen molar-refractivity contribution in [3.63, 3.8) is 0 Å². The van der Waals surface area contributed by atoms with E-state index in [0.29, 0.717) is 11.5 Å². The normalized spacial score (nSPS) is 12.5. The van der Waals surface area contributed by atoms with Gasteiger partial charge in [0.25, 0.3) is 5.69 Å². The number of rotatable bonds is 9. The number of anilines is 1. The van der Waals surface area contributed by atoms with Crippen LogP contribution < -0.4 is 19.5 Å². The number of nitrogens with one attached hydrogen (secondary N) is 2. The summed E-state index contributed by atoms with van der Waals surface area (Å²) in [4.78, 5) is 10.8. The highest BCUT2D eigenvalue weighted by molar-refractivity contribution is 7.89. The van der Waals surface area contributed by atoms with Crippen LogP contribution in [-0.2, 0) is 10.0 Å². The molecule has 0 saturated heterocycles. The van der Waals surface area contributed by atoms with Crippen LogP contribution in [0.15, 0.2) is 41.3 Å². The minimum Gasteiger partial charge on any atom is -0.497 e. The summed E-state index contributed by atoms with van der Waals surface area (Å²) in [6, 6.07) is 8.31. The zero-order valence-electron chi connectivity index (χ0n) is 16.9. The maximum absolute atomic E-state index is 12.3. The molecule has 2 aromatic carbocycles. The zero-order valence-corrected chi connectivity index (χ0v) is 17.7. The van der Waals surface area contributed by atoms with E-state index in [1.165, 1.54) is 19.2 Å². The van der Waals surface area contributed by atoms with E-state index in [4.69, 9.17) is 9.47 Å². The Balaban J connectivity index is 2.42. The molecule has 0 amide bonds. The van der Waals surface area contributed by atoms with Gasteiger partial charge in [0.2, 0.25) is 10.0 Å². The van der Waals surface area contributed by atoms with E-state index in [-0.39, 0.29) is 28.4 Å². The van der Waals surface area contributed by atoms with Crippen LogP contribution in [0.3, 0.4) is 0 Å². The summed E-state index contributed by atoms with van der Waals surface area (Å²) in [6.07, 6.45) is 0. The van der Waals surface area contributed by atoms with E-state index >= 15 is 0 Å². The molecule has 0 aliphatic carbocycles. The van der Waals surface area contributed by atoms with E-state index < -0.39 is 14.9 Å². The van der Waals surface area contributed by atoms with Gasteiger partial charge in [0, 0.05) is 17.7 Å². The molecule has 9 nitrogen and oxygen atoms in total. The smallest absolute Gasteiger partial charge is 0.293 e. The van der Waals surface area contributed by atoms with Crippen molar-refractivity contribution < 1.29 is 22.8 Å². The number of methoxy groups -OCH3 is 2. The van der Waals surface area contributed by atoms with Gasteiger partial charge in [0.1, 0.15) is 17.2 Å². The van der Waals surface area contributed by atoms with Crippen molar-refractivity contribution in [1.29, 1.82) is 0 Å². The molecule has 0 radical (unpaired) electrons. The Morgan fingerprint density at radius 2 is 1.72 bits per heavy atom. The van der Waals surface area contributed by atoms with Crippen LogP contribution in [0.2, 0.25) is 0 Å². The third-order valence-corrected chi connectivity index (χ3v) is 5.80. The second-order valence-corrected chi connectivity index (χ2v) is 8.40. The van der Waals surface area contributed by atoms with Crippen LogP contribution in [0.25, 0.3) is 0 Å². The molecular weight excluding hydrogens is 398 g/mol. The predicted molar refractivity (Wildman–Crippen MR) is 110 cm³/mol. The number of benzene rings is 2. The number of sulfonamides is 1. The van der Waals surface area contributed by atoms with Gasteiger partial charge in [-0.25, -0.2) is 13.1 Å². The molecule has 1 atom stereocenters. The standard InChI is InChI=1S/C19H25N3O6S/c1-12(2)21-29(25,26)15-7-8-17(18(11-15)22(23)24)20-13(3)16-10-14(27-4)6-9-19(16)28-5/h6-13,20-21H,1-5H3/t13-/m1/s1. The van der Waals surface area contributed by atoms with Gasteiger partial charge in [-0.3, -0.25) is 10.1 Å². The Hall–Kier alpha value is -2.85. The van der Waals surface area contributed by atoms with E-state index in [9.17, 15) is 18.5 Å². The van der Waals surface area contributed by atoms with E-state index in [2.05, 4.69) is 10.0 Å². The third-order valence-electron chi connectivity index (χ3n) is 4.14. The zero-order chi connectivity index (χ0) is 21.8. The molecule has 0 bridgehead atoms. The SMILES string of the molecule is COc1ccc(OC)c([C@@H](C)Nc2ccc(S(=O)(=O)NC(C)C)cc2[N+](=O)[O-])c1. The third kappa shape index (κ3) is 5.36. The van der Waals surface area contributed by atoms with Gasteiger partial charge < -0.3 is 14.8 Å². The van der Waals surface area contributed by atoms with Gasteiger partial charge in [-0.2, -0.15) is 0 Å². The topological polar surface area (TPSA) is 120 Å². The quantitative estimate of drug-likeness (QED) is 0.468. The molecule has 0 aromatic heterocycles. The minimum absolute atomic E-state index is 0.171. The van der Waals surface area contributed by atoms with Crippen molar-refractivity contribution in [2.45, 2.75) is 37.8 Å². The second kappa shape index (κ2) is 9.10. The molecule has 2 rings (SSSR count). The molecular formula is C19H25N3O6S. The molecule has 0 saturated carbocycles. The molecule has 0 aliphatic heterocycles. The van der Waals surface area contributed by atoms with Crippen molar-refractivity contribution in [3.8, 4) is 11.5 Å². The second-order valence-electron chi connectivity index (χ2n) is 6.69. The number of nitro benzene ring substituents is 1. The molecule has 158 valence electrons. The number of hydrogen-bond donors (Lipinski definition) is 2. The van der Waals surface area contributed by atoms with Gasteiger partial charge in [-0.1, -0.05) is 0 Å². The van der Waals surface area contributed by atoms with Crippen LogP contribution in [0.5, 0.6) is 11.5 Å². The first-order valence-electron chi connectivity index (χ1n) is 8.88. The maximum Gasteiger partial charge on any atom is 0.293 e. The highest BCUT2D eigenvalue weighted by atomic mass is 32.2. The summed E-state index contributed by atoms with van der Waals surface area (Å²) >= 11 is 0. The van der Waals surface area contributed by atoms with Crippen molar-refractivity contribution in [2.24, 2.45) is 0 Å². The van der Waals surface area contributed by atoms with Gasteiger partial charge in [0.05, 0.1) is 30.1 Å². The van der Waals surface area contributed by atoms with E-state index in [0.717, 1.165) is 11.6 Å². The molecule has 0 unspecified atom stereocenters. The molecule has 0 fully saturated rings. The van der Waals surface area contributed by atoms with Gasteiger partial charge in [-0.15, -0.1) is 0 Å². The van der Waals surface area contributed by atoms with Crippen LogP contribution >= 0.6 is 0 Å². The lowest BCUT2D eigenvalue weighted by Crippen LogP contribution is -2.30. The first kappa shape index (κ1) is 22.4. The molecule has 0 heterocycles. The number of hydrogen-bond acceptors (Lipinski definition) is 7.